The van der Waals surface area contributed by atoms with Crippen LogP contribution in [0.5, 0.6) is 5.75 Å². The van der Waals surface area contributed by atoms with Crippen molar-refractivity contribution in [2.45, 2.75) is 45.7 Å². The maximum Gasteiger partial charge on any atom is 0.326 e. The summed E-state index contributed by atoms with van der Waals surface area (Å²) >= 11 is 0. The third kappa shape index (κ3) is 7.95. The standard InChI is InChI=1S/C28H36N6O6/c1-16-8-6-7-9-21(16)30-28(39)31-22-11-10-19(12-25(22)40-5)13-26(36)34(4)15-24-20(17(2)32-33-24)14-23(27(37)38)29-18(3)35/h6-12,17,20,23,32H,13-15H2,1-5H3,(H,29,35)(H,37,38)(H2,30,31,39). The Balaban J connectivity index is 1.61. The Morgan fingerprint density at radius 3 is 2.48 bits per heavy atom. The fourth-order valence-electron chi connectivity index (χ4n) is 4.44. The van der Waals surface area contributed by atoms with Gasteiger partial charge in [-0.25, -0.2) is 9.59 Å². The summed E-state index contributed by atoms with van der Waals surface area (Å²) in [5.41, 5.74) is 6.35. The van der Waals surface area contributed by atoms with Crippen LogP contribution in [0.1, 0.15) is 31.4 Å². The smallest absolute Gasteiger partial charge is 0.326 e. The molecule has 3 unspecified atom stereocenters. The number of para-hydroxylation sites is 1. The molecular formula is C28H36N6O6. The minimum atomic E-state index is -1.13. The van der Waals surface area contributed by atoms with Gasteiger partial charge in [-0.3, -0.25) is 9.59 Å². The highest BCUT2D eigenvalue weighted by Gasteiger charge is 2.34. The molecule has 12 nitrogen and oxygen atoms in total. The highest BCUT2D eigenvalue weighted by Crippen LogP contribution is 2.27. The molecule has 0 saturated carbocycles. The van der Waals surface area contributed by atoms with Gasteiger partial charge in [0.15, 0.2) is 0 Å². The molecule has 1 aliphatic rings. The van der Waals surface area contributed by atoms with Gasteiger partial charge in [0.25, 0.3) is 0 Å². The van der Waals surface area contributed by atoms with E-state index in [4.69, 9.17) is 4.74 Å². The van der Waals surface area contributed by atoms with Crippen molar-refractivity contribution < 1.29 is 29.0 Å². The van der Waals surface area contributed by atoms with Gasteiger partial charge in [-0.1, -0.05) is 24.3 Å². The molecule has 2 aromatic rings. The first-order valence-corrected chi connectivity index (χ1v) is 12.8. The molecule has 0 aliphatic carbocycles. The average Bonchev–Trinajstić information content (AvgIpc) is 3.23. The molecule has 0 bridgehead atoms. The van der Waals surface area contributed by atoms with Crippen molar-refractivity contribution in [1.82, 2.24) is 15.6 Å². The molecule has 0 saturated heterocycles. The number of carboxylic acids is 1. The van der Waals surface area contributed by atoms with E-state index in [9.17, 15) is 24.3 Å². The second kappa shape index (κ2) is 13.5. The average molecular weight is 553 g/mol. The molecule has 1 heterocycles. The molecule has 214 valence electrons. The first-order chi connectivity index (χ1) is 19.0. The number of ether oxygens (including phenoxy) is 1. The molecule has 12 heteroatoms. The second-order valence-corrected chi connectivity index (χ2v) is 9.81. The molecule has 0 spiro atoms. The van der Waals surface area contributed by atoms with Gasteiger partial charge in [0, 0.05) is 31.6 Å². The largest absolute Gasteiger partial charge is 0.495 e. The summed E-state index contributed by atoms with van der Waals surface area (Å²) in [6.45, 7) is 5.24. The van der Waals surface area contributed by atoms with Crippen molar-refractivity contribution in [2.75, 3.05) is 31.3 Å². The lowest BCUT2D eigenvalue weighted by Crippen LogP contribution is -2.45. The molecular weight excluding hydrogens is 516 g/mol. The maximum atomic E-state index is 13.0. The summed E-state index contributed by atoms with van der Waals surface area (Å²) in [5.74, 6) is -1.61. The number of urea groups is 1. The van der Waals surface area contributed by atoms with Crippen molar-refractivity contribution in [2.24, 2.45) is 11.0 Å². The van der Waals surface area contributed by atoms with E-state index in [0.29, 0.717) is 28.4 Å². The Labute approximate surface area is 233 Å². The van der Waals surface area contributed by atoms with Gasteiger partial charge >= 0.3 is 12.0 Å². The second-order valence-electron chi connectivity index (χ2n) is 9.81. The van der Waals surface area contributed by atoms with E-state index in [0.717, 1.165) is 5.56 Å². The summed E-state index contributed by atoms with van der Waals surface area (Å²) < 4.78 is 5.45. The summed E-state index contributed by atoms with van der Waals surface area (Å²) in [7, 11) is 3.13. The summed E-state index contributed by atoms with van der Waals surface area (Å²) in [4.78, 5) is 50.1. The van der Waals surface area contributed by atoms with Gasteiger partial charge in [0.1, 0.15) is 11.8 Å². The normalized spacial score (nSPS) is 16.7. The number of hydrazone groups is 1. The number of carbonyl (C=O) groups excluding carboxylic acids is 3. The van der Waals surface area contributed by atoms with Crippen LogP contribution in [-0.2, 0) is 20.8 Å². The fraction of sp³-hybridized carbons (Fsp3) is 0.393. The van der Waals surface area contributed by atoms with Crippen molar-refractivity contribution in [3.05, 3.63) is 53.6 Å². The topological polar surface area (TPSA) is 161 Å². The number of aryl methyl sites for hydroxylation is 1. The van der Waals surface area contributed by atoms with Crippen molar-refractivity contribution in [1.29, 1.82) is 0 Å². The van der Waals surface area contributed by atoms with Crippen molar-refractivity contribution in [3.8, 4) is 5.75 Å². The zero-order valence-electron chi connectivity index (χ0n) is 23.3. The van der Waals surface area contributed by atoms with Crippen molar-refractivity contribution >= 4 is 40.9 Å². The lowest BCUT2D eigenvalue weighted by Gasteiger charge is -2.24. The summed E-state index contributed by atoms with van der Waals surface area (Å²) in [5, 5.41) is 21.9. The number of likely N-dealkylation sites (N-methyl/N-ethyl adjacent to an activating group) is 1. The Morgan fingerprint density at radius 1 is 1.12 bits per heavy atom. The van der Waals surface area contributed by atoms with Crippen LogP contribution in [0, 0.1) is 12.8 Å². The lowest BCUT2D eigenvalue weighted by atomic mass is 9.89. The van der Waals surface area contributed by atoms with Crippen molar-refractivity contribution in [3.63, 3.8) is 0 Å². The number of nitrogens with zero attached hydrogens (tertiary/aromatic N) is 2. The first kappa shape index (κ1) is 29.9. The molecule has 1 aliphatic heterocycles. The summed E-state index contributed by atoms with van der Waals surface area (Å²) in [6.07, 6.45) is 0.222. The number of amides is 4. The van der Waals surface area contributed by atoms with Gasteiger partial charge < -0.3 is 36.1 Å². The number of benzene rings is 2. The third-order valence-electron chi connectivity index (χ3n) is 6.70. The van der Waals surface area contributed by atoms with Crippen LogP contribution in [0.15, 0.2) is 47.6 Å². The molecule has 0 fully saturated rings. The van der Waals surface area contributed by atoms with Crippen LogP contribution < -0.4 is 26.1 Å². The zero-order chi connectivity index (χ0) is 29.4. The quantitative estimate of drug-likeness (QED) is 0.286. The van der Waals surface area contributed by atoms with Crippen LogP contribution in [0.25, 0.3) is 0 Å². The van der Waals surface area contributed by atoms with Gasteiger partial charge in [0.2, 0.25) is 11.8 Å². The highest BCUT2D eigenvalue weighted by atomic mass is 16.5. The molecule has 3 atom stereocenters. The van der Waals surface area contributed by atoms with E-state index in [1.165, 1.54) is 18.9 Å². The molecule has 40 heavy (non-hydrogen) atoms. The minimum Gasteiger partial charge on any atom is -0.495 e. The number of carbonyl (C=O) groups is 4. The van der Waals surface area contributed by atoms with Gasteiger partial charge in [0.05, 0.1) is 31.5 Å². The van der Waals surface area contributed by atoms with Crippen LogP contribution in [-0.4, -0.2) is 72.3 Å². The number of carboxylic acid groups (broad SMARTS) is 1. The van der Waals surface area contributed by atoms with E-state index < -0.39 is 23.9 Å². The third-order valence-corrected chi connectivity index (χ3v) is 6.70. The van der Waals surface area contributed by atoms with Crippen LogP contribution in [0.3, 0.4) is 0 Å². The Morgan fingerprint density at radius 2 is 1.82 bits per heavy atom. The number of rotatable bonds is 11. The van der Waals surface area contributed by atoms with Crippen LogP contribution >= 0.6 is 0 Å². The summed E-state index contributed by atoms with van der Waals surface area (Å²) in [6, 6.07) is 10.9. The highest BCUT2D eigenvalue weighted by molar-refractivity contribution is 6.01. The Kier molecular flexibility index (Phi) is 10.1. The van der Waals surface area contributed by atoms with Crippen LogP contribution in [0.4, 0.5) is 16.2 Å². The predicted molar refractivity (Wildman–Crippen MR) is 152 cm³/mol. The number of aliphatic carboxylic acids is 1. The van der Waals surface area contributed by atoms with E-state index in [-0.39, 0.29) is 37.3 Å². The number of hydrogen-bond donors (Lipinski definition) is 5. The van der Waals surface area contributed by atoms with Gasteiger partial charge in [-0.15, -0.1) is 0 Å². The monoisotopic (exact) mass is 552 g/mol. The molecule has 3 rings (SSSR count). The van der Waals surface area contributed by atoms with Gasteiger partial charge in [-0.05, 0) is 49.6 Å². The van der Waals surface area contributed by atoms with E-state index in [1.54, 1.807) is 31.3 Å². The predicted octanol–water partition coefficient (Wildman–Crippen LogP) is 2.59. The SMILES string of the molecule is COc1cc(CC(=O)N(C)CC2=NNC(C)C2CC(NC(C)=O)C(=O)O)ccc1NC(=O)Nc1ccccc1C. The van der Waals surface area contributed by atoms with Crippen LogP contribution in [0.2, 0.25) is 0 Å². The number of nitrogens with one attached hydrogen (secondary N) is 4. The maximum absolute atomic E-state index is 13.0. The van der Waals surface area contributed by atoms with E-state index in [1.807, 2.05) is 32.0 Å². The zero-order valence-corrected chi connectivity index (χ0v) is 23.3. The van der Waals surface area contributed by atoms with Gasteiger partial charge in [-0.2, -0.15) is 5.10 Å². The Hall–Kier alpha value is -4.61. The van der Waals surface area contributed by atoms with E-state index >= 15 is 0 Å². The van der Waals surface area contributed by atoms with E-state index in [2.05, 4.69) is 26.5 Å². The first-order valence-electron chi connectivity index (χ1n) is 12.8. The number of anilines is 2. The number of hydrogen-bond acceptors (Lipinski definition) is 7. The molecule has 5 N–H and O–H groups in total. The fourth-order valence-corrected chi connectivity index (χ4v) is 4.44. The molecule has 2 aromatic carbocycles. The lowest BCUT2D eigenvalue weighted by molar-refractivity contribution is -0.142. The minimum absolute atomic E-state index is 0.0765. The molecule has 0 radical (unpaired) electrons. The molecule has 0 aromatic heterocycles. The number of methoxy groups -OCH3 is 1. The molecule has 4 amide bonds. The Bertz CT molecular complexity index is 1300.